The van der Waals surface area contributed by atoms with E-state index < -0.39 is 9.84 Å². The smallest absolute Gasteiger partial charge is 0.317 e. The molecular weight excluding hydrogens is 264 g/mol. The summed E-state index contributed by atoms with van der Waals surface area (Å²) in [5.74, 6) is 0.121. The Hall–Kier alpha value is -1.56. The van der Waals surface area contributed by atoms with Gasteiger partial charge in [0.1, 0.15) is 0 Å². The van der Waals surface area contributed by atoms with Crippen molar-refractivity contribution in [3.8, 4) is 0 Å². The van der Waals surface area contributed by atoms with E-state index in [1.165, 1.54) is 0 Å². The van der Waals surface area contributed by atoms with Gasteiger partial charge in [-0.3, -0.25) is 0 Å². The van der Waals surface area contributed by atoms with Crippen molar-refractivity contribution in [3.63, 3.8) is 0 Å². The molecule has 2 aliphatic rings. The van der Waals surface area contributed by atoms with E-state index in [1.807, 2.05) is 30.3 Å². The van der Waals surface area contributed by atoms with Gasteiger partial charge in [-0.2, -0.15) is 0 Å². The molecule has 0 saturated carbocycles. The summed E-state index contributed by atoms with van der Waals surface area (Å²) in [6, 6.07) is 9.37. The molecule has 2 unspecified atom stereocenters. The second-order valence-corrected chi connectivity index (χ2v) is 7.46. The normalized spacial score (nSPS) is 27.5. The summed E-state index contributed by atoms with van der Waals surface area (Å²) in [5.41, 5.74) is 1.04. The van der Waals surface area contributed by atoms with Gasteiger partial charge in [0.2, 0.25) is 0 Å². The van der Waals surface area contributed by atoms with Crippen molar-refractivity contribution in [2.75, 3.05) is 12.3 Å². The molecular formula is C13H16N2O3S. The van der Waals surface area contributed by atoms with Crippen LogP contribution in [0.5, 0.6) is 0 Å². The Bertz CT molecular complexity index is 585. The van der Waals surface area contributed by atoms with Crippen LogP contribution in [0.3, 0.4) is 0 Å². The molecule has 6 heteroatoms. The van der Waals surface area contributed by atoms with E-state index in [0.717, 1.165) is 5.56 Å². The molecule has 2 fully saturated rings. The molecule has 0 aliphatic carbocycles. The van der Waals surface area contributed by atoms with Crippen LogP contribution in [0.25, 0.3) is 0 Å². The van der Waals surface area contributed by atoms with Crippen LogP contribution in [-0.4, -0.2) is 42.9 Å². The number of nitrogens with one attached hydrogen (secondary N) is 1. The number of urea groups is 1. The molecule has 2 atom stereocenters. The summed E-state index contributed by atoms with van der Waals surface area (Å²) in [6.45, 7) is 0.813. The fourth-order valence-electron chi connectivity index (χ4n) is 2.82. The van der Waals surface area contributed by atoms with Crippen molar-refractivity contribution in [1.29, 1.82) is 0 Å². The monoisotopic (exact) mass is 280 g/mol. The largest absolute Gasteiger partial charge is 0.334 e. The number of hydrogen-bond donors (Lipinski definition) is 1. The number of likely N-dealkylation sites (tertiary alicyclic amines) is 1. The molecule has 2 aliphatic heterocycles. The third kappa shape index (κ3) is 2.32. The van der Waals surface area contributed by atoms with E-state index in [4.69, 9.17) is 0 Å². The topological polar surface area (TPSA) is 66.5 Å². The maximum Gasteiger partial charge on any atom is 0.317 e. The molecule has 2 heterocycles. The summed E-state index contributed by atoms with van der Waals surface area (Å²) < 4.78 is 23.2. The average molecular weight is 280 g/mol. The van der Waals surface area contributed by atoms with Gasteiger partial charge in [0, 0.05) is 19.1 Å². The molecule has 102 valence electrons. The van der Waals surface area contributed by atoms with Gasteiger partial charge < -0.3 is 10.2 Å². The number of hydrogen-bond acceptors (Lipinski definition) is 3. The molecule has 2 bridgehead atoms. The van der Waals surface area contributed by atoms with Crippen molar-refractivity contribution in [3.05, 3.63) is 35.9 Å². The van der Waals surface area contributed by atoms with Crippen molar-refractivity contribution < 1.29 is 13.2 Å². The number of sulfone groups is 1. The van der Waals surface area contributed by atoms with E-state index in [1.54, 1.807) is 4.90 Å². The molecule has 0 aromatic heterocycles. The lowest BCUT2D eigenvalue weighted by Crippen LogP contribution is -2.48. The Kier molecular flexibility index (Phi) is 2.97. The van der Waals surface area contributed by atoms with Crippen LogP contribution in [-0.2, 0) is 16.4 Å². The number of fused-ring (bicyclic) bond motifs is 2. The van der Waals surface area contributed by atoms with Crippen LogP contribution >= 0.6 is 0 Å². The Morgan fingerprint density at radius 2 is 2.05 bits per heavy atom. The zero-order valence-electron chi connectivity index (χ0n) is 10.5. The zero-order chi connectivity index (χ0) is 13.5. The predicted molar refractivity (Wildman–Crippen MR) is 71.4 cm³/mol. The van der Waals surface area contributed by atoms with Gasteiger partial charge in [0.05, 0.1) is 11.0 Å². The lowest BCUT2D eigenvalue weighted by molar-refractivity contribution is 0.195. The first-order valence-corrected chi connectivity index (χ1v) is 8.08. The Morgan fingerprint density at radius 3 is 2.63 bits per heavy atom. The average Bonchev–Trinajstić information content (AvgIpc) is 2.93. The molecule has 1 N–H and O–H groups in total. The van der Waals surface area contributed by atoms with Crippen molar-refractivity contribution in [2.45, 2.75) is 24.3 Å². The van der Waals surface area contributed by atoms with Crippen LogP contribution in [0.1, 0.15) is 12.0 Å². The molecule has 3 rings (SSSR count). The van der Waals surface area contributed by atoms with Crippen LogP contribution in [0, 0.1) is 0 Å². The van der Waals surface area contributed by atoms with Crippen molar-refractivity contribution in [2.24, 2.45) is 0 Å². The van der Waals surface area contributed by atoms with E-state index in [0.29, 0.717) is 19.5 Å². The molecule has 1 aromatic carbocycles. The van der Waals surface area contributed by atoms with Gasteiger partial charge in [0.25, 0.3) is 0 Å². The summed E-state index contributed by atoms with van der Waals surface area (Å²) in [6.07, 6.45) is 0.598. The first-order valence-electron chi connectivity index (χ1n) is 6.36. The Balaban J connectivity index is 1.59. The number of carbonyl (C=O) groups is 1. The quantitative estimate of drug-likeness (QED) is 0.870. The summed E-state index contributed by atoms with van der Waals surface area (Å²) in [7, 11) is -2.94. The number of rotatable bonds is 2. The van der Waals surface area contributed by atoms with Crippen LogP contribution in [0.15, 0.2) is 30.3 Å². The van der Waals surface area contributed by atoms with Crippen LogP contribution < -0.4 is 5.32 Å². The minimum atomic E-state index is -2.94. The first-order chi connectivity index (χ1) is 9.06. The lowest BCUT2D eigenvalue weighted by atomic mass is 10.2. The highest BCUT2D eigenvalue weighted by Crippen LogP contribution is 2.32. The van der Waals surface area contributed by atoms with Gasteiger partial charge in [-0.05, 0) is 12.0 Å². The summed E-state index contributed by atoms with van der Waals surface area (Å²) in [5, 5.41) is 2.50. The first kappa shape index (κ1) is 12.5. The maximum absolute atomic E-state index is 12.0. The van der Waals surface area contributed by atoms with E-state index >= 15 is 0 Å². The number of nitrogens with zero attached hydrogens (tertiary/aromatic N) is 1. The molecule has 0 spiro atoms. The Morgan fingerprint density at radius 1 is 1.32 bits per heavy atom. The molecule has 2 amide bonds. The minimum Gasteiger partial charge on any atom is -0.334 e. The van der Waals surface area contributed by atoms with Crippen LogP contribution in [0.2, 0.25) is 0 Å². The Labute approximate surface area is 112 Å². The highest BCUT2D eigenvalue weighted by atomic mass is 32.2. The van der Waals surface area contributed by atoms with Gasteiger partial charge in [0.15, 0.2) is 9.84 Å². The maximum atomic E-state index is 12.0. The highest BCUT2D eigenvalue weighted by Gasteiger charge is 2.49. The van der Waals surface area contributed by atoms with Gasteiger partial charge in [-0.1, -0.05) is 30.3 Å². The number of amides is 2. The van der Waals surface area contributed by atoms with E-state index in [9.17, 15) is 13.2 Å². The SMILES string of the molecule is O=C(NCc1ccccc1)N1CC2CC1CS2(=O)=O. The standard InChI is InChI=1S/C13H16N2O3S/c16-13(14-7-10-4-2-1-3-5-10)15-8-12-6-11(15)9-19(12,17)18/h1-5,11-12H,6-9H2,(H,14,16). The summed E-state index contributed by atoms with van der Waals surface area (Å²) >= 11 is 0. The third-order valence-corrected chi connectivity index (χ3v) is 6.06. The van der Waals surface area contributed by atoms with Gasteiger partial charge in [-0.15, -0.1) is 0 Å². The number of carbonyl (C=O) groups excluding carboxylic acids is 1. The fraction of sp³-hybridized carbons (Fsp3) is 0.462. The lowest BCUT2D eigenvalue weighted by Gasteiger charge is -2.27. The van der Waals surface area contributed by atoms with Gasteiger partial charge >= 0.3 is 6.03 Å². The zero-order valence-corrected chi connectivity index (χ0v) is 11.3. The highest BCUT2D eigenvalue weighted by molar-refractivity contribution is 7.92. The fourth-order valence-corrected chi connectivity index (χ4v) is 4.85. The molecule has 1 aromatic rings. The molecule has 2 saturated heterocycles. The second kappa shape index (κ2) is 4.52. The summed E-state index contributed by atoms with van der Waals surface area (Å²) in [4.78, 5) is 13.7. The van der Waals surface area contributed by atoms with E-state index in [-0.39, 0.29) is 23.1 Å². The van der Waals surface area contributed by atoms with Crippen molar-refractivity contribution in [1.82, 2.24) is 10.2 Å². The van der Waals surface area contributed by atoms with Gasteiger partial charge in [-0.25, -0.2) is 13.2 Å². The predicted octanol–water partition coefficient (Wildman–Crippen LogP) is 0.768. The minimum absolute atomic E-state index is 0.121. The molecule has 0 radical (unpaired) electrons. The van der Waals surface area contributed by atoms with Crippen molar-refractivity contribution >= 4 is 15.9 Å². The molecule has 5 nitrogen and oxygen atoms in total. The van der Waals surface area contributed by atoms with Crippen LogP contribution in [0.4, 0.5) is 4.79 Å². The molecule has 19 heavy (non-hydrogen) atoms. The third-order valence-electron chi connectivity index (χ3n) is 3.86. The second-order valence-electron chi connectivity index (χ2n) is 5.14. The number of benzene rings is 1. The van der Waals surface area contributed by atoms with E-state index in [2.05, 4.69) is 5.32 Å².